The van der Waals surface area contributed by atoms with Crippen LogP contribution in [0.4, 0.5) is 8.78 Å². The van der Waals surface area contributed by atoms with Crippen molar-refractivity contribution in [3.05, 3.63) is 77.6 Å². The molecule has 0 saturated heterocycles. The molecule has 0 radical (unpaired) electrons. The second kappa shape index (κ2) is 9.90. The predicted molar refractivity (Wildman–Crippen MR) is 138 cm³/mol. The lowest BCUT2D eigenvalue weighted by Crippen LogP contribution is -2.42. The maximum atomic E-state index is 14.5. The zero-order valence-electron chi connectivity index (χ0n) is 21.1. The highest BCUT2D eigenvalue weighted by atomic mass is 19.3. The molecule has 2 aromatic rings. The van der Waals surface area contributed by atoms with E-state index in [2.05, 4.69) is 24.4 Å². The molecule has 2 fully saturated rings. The number of nitrogens with zero attached hydrogens (tertiary/aromatic N) is 1. The Hall–Kier alpha value is -2.84. The Kier molecular flexibility index (Phi) is 7.21. The van der Waals surface area contributed by atoms with E-state index in [1.165, 1.54) is 17.7 Å². The third-order valence-corrected chi connectivity index (χ3v) is 8.72. The molecule has 1 aromatic carbocycles. The number of allylic oxidation sites excluding steroid dienone is 1. The predicted octanol–water partition coefficient (Wildman–Crippen LogP) is 7.05. The Morgan fingerprint density at radius 1 is 1.11 bits per heavy atom. The lowest BCUT2D eigenvalue weighted by atomic mass is 9.61. The van der Waals surface area contributed by atoms with E-state index < -0.39 is 23.4 Å². The molecule has 2 aliphatic rings. The van der Waals surface area contributed by atoms with Crippen molar-refractivity contribution in [2.24, 2.45) is 17.3 Å². The molecule has 1 heterocycles. The highest BCUT2D eigenvalue weighted by Gasteiger charge is 2.53. The van der Waals surface area contributed by atoms with Gasteiger partial charge in [-0.25, -0.2) is 13.8 Å². The highest BCUT2D eigenvalue weighted by molar-refractivity contribution is 6.01. The number of hydrogen-bond donors (Lipinski definition) is 1. The number of halogens is 2. The van der Waals surface area contributed by atoms with Crippen molar-refractivity contribution in [1.29, 1.82) is 0 Å². The minimum atomic E-state index is -3.36. The Morgan fingerprint density at radius 3 is 2.22 bits per heavy atom. The molecule has 36 heavy (non-hydrogen) atoms. The number of Topliss-reactive ketones (excluding diaryl/α,β-unsaturated/α-hetero) is 1. The minimum Gasteiger partial charge on any atom is -0.379 e. The van der Waals surface area contributed by atoms with Gasteiger partial charge in [-0.3, -0.25) is 4.79 Å². The van der Waals surface area contributed by atoms with Gasteiger partial charge in [0.15, 0.2) is 11.4 Å². The van der Waals surface area contributed by atoms with Crippen LogP contribution in [-0.2, 0) is 5.60 Å². The number of terminal acetylenes is 1. The molecule has 1 aromatic heterocycles. The second-order valence-electron chi connectivity index (χ2n) is 10.9. The van der Waals surface area contributed by atoms with E-state index in [1.54, 1.807) is 18.3 Å². The summed E-state index contributed by atoms with van der Waals surface area (Å²) in [7, 11) is 0. The fourth-order valence-corrected chi connectivity index (χ4v) is 6.04. The van der Waals surface area contributed by atoms with E-state index in [0.29, 0.717) is 23.1 Å². The van der Waals surface area contributed by atoms with E-state index in [1.807, 2.05) is 12.1 Å². The molecule has 5 heteroatoms. The molecule has 1 N–H and O–H groups in total. The van der Waals surface area contributed by atoms with Crippen LogP contribution in [-0.4, -0.2) is 21.8 Å². The van der Waals surface area contributed by atoms with Crippen LogP contribution < -0.4 is 0 Å². The van der Waals surface area contributed by atoms with Gasteiger partial charge in [-0.2, -0.15) is 0 Å². The normalized spacial score (nSPS) is 23.7. The molecule has 0 spiro atoms. The molecule has 3 nitrogen and oxygen atoms in total. The standard InChI is InChI=1S/C31H35F2NO2/c1-5-18-31(32,33)30(4,36)26-13-9-22(10-14-26)28(35)29(3,25-15-16-25)24-11-7-21(8-12-24)23-17-19-34-27(6-2)20-23/h2,5,9-10,13-14,17,19-21,24-25,36H,1,7-8,11-12,15-16,18H2,3-4H3/t21?,24?,29-,30-/m0/s1. The smallest absolute Gasteiger partial charge is 0.283 e. The first kappa shape index (κ1) is 26.2. The summed E-state index contributed by atoms with van der Waals surface area (Å²) < 4.78 is 29.0. The van der Waals surface area contributed by atoms with E-state index in [-0.39, 0.29) is 17.3 Å². The first-order valence-corrected chi connectivity index (χ1v) is 12.8. The molecule has 0 amide bonds. The van der Waals surface area contributed by atoms with Gasteiger partial charge in [0.1, 0.15) is 5.69 Å². The summed E-state index contributed by atoms with van der Waals surface area (Å²) in [5.74, 6) is 0.346. The van der Waals surface area contributed by atoms with Crippen LogP contribution in [0.1, 0.15) is 91.9 Å². The summed E-state index contributed by atoms with van der Waals surface area (Å²) >= 11 is 0. The largest absolute Gasteiger partial charge is 0.379 e. The lowest BCUT2D eigenvalue weighted by Gasteiger charge is -2.41. The summed E-state index contributed by atoms with van der Waals surface area (Å²) in [5.41, 5.74) is -0.366. The maximum absolute atomic E-state index is 14.5. The monoisotopic (exact) mass is 491 g/mol. The van der Waals surface area contributed by atoms with Crippen LogP contribution in [0.3, 0.4) is 0 Å². The van der Waals surface area contributed by atoms with Crippen molar-refractivity contribution in [2.45, 2.75) is 76.2 Å². The van der Waals surface area contributed by atoms with E-state index in [9.17, 15) is 18.7 Å². The van der Waals surface area contributed by atoms with E-state index >= 15 is 0 Å². The number of ketones is 1. The highest BCUT2D eigenvalue weighted by Crippen LogP contribution is 2.56. The van der Waals surface area contributed by atoms with Gasteiger partial charge in [0, 0.05) is 23.6 Å². The van der Waals surface area contributed by atoms with Crippen LogP contribution in [0.2, 0.25) is 0 Å². The quantitative estimate of drug-likeness (QED) is 0.232. The number of benzene rings is 1. The van der Waals surface area contributed by atoms with Crippen molar-refractivity contribution in [3.63, 3.8) is 0 Å². The lowest BCUT2D eigenvalue weighted by molar-refractivity contribution is -0.175. The molecular weight excluding hydrogens is 456 g/mol. The number of pyridine rings is 1. The summed E-state index contributed by atoms with van der Waals surface area (Å²) in [5, 5.41) is 10.6. The molecule has 0 bridgehead atoms. The van der Waals surface area contributed by atoms with Gasteiger partial charge in [-0.15, -0.1) is 13.0 Å². The fraction of sp³-hybridized carbons (Fsp3) is 0.484. The van der Waals surface area contributed by atoms with Crippen molar-refractivity contribution < 1.29 is 18.7 Å². The van der Waals surface area contributed by atoms with Gasteiger partial charge in [-0.05, 0) is 86.5 Å². The number of hydrogen-bond acceptors (Lipinski definition) is 3. The third-order valence-electron chi connectivity index (χ3n) is 8.72. The molecule has 0 aliphatic heterocycles. The van der Waals surface area contributed by atoms with Crippen LogP contribution in [0, 0.1) is 29.6 Å². The van der Waals surface area contributed by atoms with Gasteiger partial charge in [-0.1, -0.05) is 43.2 Å². The maximum Gasteiger partial charge on any atom is 0.283 e. The van der Waals surface area contributed by atoms with Crippen molar-refractivity contribution in [2.75, 3.05) is 0 Å². The van der Waals surface area contributed by atoms with Crippen LogP contribution in [0.25, 0.3) is 0 Å². The van der Waals surface area contributed by atoms with Gasteiger partial charge < -0.3 is 5.11 Å². The third kappa shape index (κ3) is 4.76. The molecular formula is C31H35F2NO2. The van der Waals surface area contributed by atoms with Crippen molar-refractivity contribution >= 4 is 5.78 Å². The zero-order valence-corrected chi connectivity index (χ0v) is 21.1. The number of alkyl halides is 2. The molecule has 2 saturated carbocycles. The summed E-state index contributed by atoms with van der Waals surface area (Å²) in [6.07, 6.45) is 13.7. The Labute approximate surface area is 213 Å². The van der Waals surface area contributed by atoms with Crippen molar-refractivity contribution in [1.82, 2.24) is 4.98 Å². The number of carbonyl (C=O) groups excluding carboxylic acids is 1. The Balaban J connectivity index is 1.51. The van der Waals surface area contributed by atoms with Crippen LogP contribution in [0.5, 0.6) is 0 Å². The molecule has 190 valence electrons. The Morgan fingerprint density at radius 2 is 1.69 bits per heavy atom. The first-order chi connectivity index (χ1) is 17.0. The topological polar surface area (TPSA) is 50.2 Å². The average Bonchev–Trinajstić information content (AvgIpc) is 3.74. The van der Waals surface area contributed by atoms with Crippen LogP contribution >= 0.6 is 0 Å². The van der Waals surface area contributed by atoms with E-state index in [4.69, 9.17) is 6.42 Å². The number of rotatable bonds is 9. The average molecular weight is 492 g/mol. The molecule has 4 rings (SSSR count). The van der Waals surface area contributed by atoms with Gasteiger partial charge in [0.25, 0.3) is 5.92 Å². The number of aromatic nitrogens is 1. The molecule has 2 atom stereocenters. The van der Waals surface area contributed by atoms with Crippen molar-refractivity contribution in [3.8, 4) is 12.3 Å². The van der Waals surface area contributed by atoms with Crippen LogP contribution in [0.15, 0.2) is 55.3 Å². The van der Waals surface area contributed by atoms with Gasteiger partial charge in [0.05, 0.1) is 0 Å². The summed E-state index contributed by atoms with van der Waals surface area (Å²) in [6.45, 7) is 6.57. The molecule has 0 unspecified atom stereocenters. The fourth-order valence-electron chi connectivity index (χ4n) is 6.04. The molecule has 2 aliphatic carbocycles. The zero-order chi connectivity index (χ0) is 26.1. The van der Waals surface area contributed by atoms with E-state index in [0.717, 1.165) is 51.5 Å². The SMILES string of the molecule is C#Cc1cc(C2CCC([C@](C)(C(=O)c3ccc([C@](C)(O)C(F)(F)CC=C)cc3)C3CC3)CC2)ccn1. The van der Waals surface area contributed by atoms with Gasteiger partial charge in [0.2, 0.25) is 0 Å². The Bertz CT molecular complexity index is 1150. The minimum absolute atomic E-state index is 0.0797. The van der Waals surface area contributed by atoms with Gasteiger partial charge >= 0.3 is 0 Å². The second-order valence-corrected chi connectivity index (χ2v) is 10.9. The number of carbonyl (C=O) groups is 1. The number of aliphatic hydroxyl groups is 1. The first-order valence-electron chi connectivity index (χ1n) is 12.8. The summed E-state index contributed by atoms with van der Waals surface area (Å²) in [4.78, 5) is 18.1. The summed E-state index contributed by atoms with van der Waals surface area (Å²) in [6, 6.07) is 10.1.